The van der Waals surface area contributed by atoms with Gasteiger partial charge in [0.15, 0.2) is 17.6 Å². The molecule has 0 spiro atoms. The van der Waals surface area contributed by atoms with E-state index in [4.69, 9.17) is 14.2 Å². The maximum absolute atomic E-state index is 12.7. The second-order valence-corrected chi connectivity index (χ2v) is 5.52. The highest BCUT2D eigenvalue weighted by Crippen LogP contribution is 2.30. The summed E-state index contributed by atoms with van der Waals surface area (Å²) in [4.78, 5) is 17.1. The lowest BCUT2D eigenvalue weighted by atomic mass is 10.1. The standard InChI is InChI=1S/C21H19NO4/c1-24-18-12-11-16(14-19(18)25-2)21(23)26-20(15-8-4-3-5-9-15)17-10-6-7-13-22-17/h3-14,20H,1-2H3. The van der Waals surface area contributed by atoms with E-state index in [1.807, 2.05) is 48.5 Å². The molecule has 0 aliphatic heterocycles. The lowest BCUT2D eigenvalue weighted by Crippen LogP contribution is -2.14. The van der Waals surface area contributed by atoms with Crippen molar-refractivity contribution in [2.75, 3.05) is 14.2 Å². The number of pyridine rings is 1. The summed E-state index contributed by atoms with van der Waals surface area (Å²) in [5.74, 6) is 0.551. The molecule has 0 radical (unpaired) electrons. The molecule has 0 aliphatic rings. The number of nitrogens with zero attached hydrogens (tertiary/aromatic N) is 1. The summed E-state index contributed by atoms with van der Waals surface area (Å²) in [5.41, 5.74) is 1.88. The predicted molar refractivity (Wildman–Crippen MR) is 97.5 cm³/mol. The number of rotatable bonds is 6. The number of hydrogen-bond acceptors (Lipinski definition) is 5. The fourth-order valence-corrected chi connectivity index (χ4v) is 2.60. The molecule has 0 N–H and O–H groups in total. The third-order valence-corrected chi connectivity index (χ3v) is 3.90. The van der Waals surface area contributed by atoms with Gasteiger partial charge >= 0.3 is 5.97 Å². The van der Waals surface area contributed by atoms with Gasteiger partial charge in [-0.3, -0.25) is 4.98 Å². The van der Waals surface area contributed by atoms with Gasteiger partial charge in [-0.15, -0.1) is 0 Å². The van der Waals surface area contributed by atoms with Crippen molar-refractivity contribution in [3.05, 3.63) is 89.7 Å². The average Bonchev–Trinajstić information content (AvgIpc) is 2.72. The van der Waals surface area contributed by atoms with Gasteiger partial charge < -0.3 is 14.2 Å². The first kappa shape index (κ1) is 17.5. The third kappa shape index (κ3) is 3.83. The first-order chi connectivity index (χ1) is 12.7. The third-order valence-electron chi connectivity index (χ3n) is 3.90. The van der Waals surface area contributed by atoms with E-state index in [0.717, 1.165) is 5.56 Å². The minimum absolute atomic E-state index is 0.375. The van der Waals surface area contributed by atoms with Crippen molar-refractivity contribution in [2.45, 2.75) is 6.10 Å². The lowest BCUT2D eigenvalue weighted by molar-refractivity contribution is 0.0370. The Morgan fingerprint density at radius 2 is 1.62 bits per heavy atom. The Morgan fingerprint density at radius 3 is 2.27 bits per heavy atom. The highest BCUT2D eigenvalue weighted by molar-refractivity contribution is 5.90. The molecular weight excluding hydrogens is 330 g/mol. The molecule has 0 aliphatic carbocycles. The summed E-state index contributed by atoms with van der Waals surface area (Å²) in [5, 5.41) is 0. The number of benzene rings is 2. The molecule has 1 aromatic heterocycles. The van der Waals surface area contributed by atoms with Crippen LogP contribution in [0.15, 0.2) is 72.9 Å². The molecule has 1 unspecified atom stereocenters. The minimum Gasteiger partial charge on any atom is -0.493 e. The zero-order valence-corrected chi connectivity index (χ0v) is 14.6. The minimum atomic E-state index is -0.599. The fourth-order valence-electron chi connectivity index (χ4n) is 2.60. The summed E-state index contributed by atoms with van der Waals surface area (Å²) >= 11 is 0. The molecule has 0 bridgehead atoms. The zero-order valence-electron chi connectivity index (χ0n) is 14.6. The largest absolute Gasteiger partial charge is 0.493 e. The van der Waals surface area contributed by atoms with Gasteiger partial charge in [-0.2, -0.15) is 0 Å². The van der Waals surface area contributed by atoms with Gasteiger partial charge in [-0.05, 0) is 35.9 Å². The van der Waals surface area contributed by atoms with E-state index in [0.29, 0.717) is 22.8 Å². The Bertz CT molecular complexity index is 826. The molecule has 0 amide bonds. The molecule has 132 valence electrons. The van der Waals surface area contributed by atoms with Crippen molar-refractivity contribution in [3.8, 4) is 11.5 Å². The van der Waals surface area contributed by atoms with Crippen molar-refractivity contribution in [2.24, 2.45) is 0 Å². The number of hydrogen-bond donors (Lipinski definition) is 0. The summed E-state index contributed by atoms with van der Waals surface area (Å²) in [6, 6.07) is 20.0. The Morgan fingerprint density at radius 1 is 0.885 bits per heavy atom. The highest BCUT2D eigenvalue weighted by atomic mass is 16.5. The van der Waals surface area contributed by atoms with Crippen LogP contribution < -0.4 is 9.47 Å². The maximum Gasteiger partial charge on any atom is 0.339 e. The van der Waals surface area contributed by atoms with Crippen molar-refractivity contribution >= 4 is 5.97 Å². The van der Waals surface area contributed by atoms with Gasteiger partial charge in [-0.25, -0.2) is 4.79 Å². The second kappa shape index (κ2) is 8.16. The molecule has 0 saturated heterocycles. The van der Waals surface area contributed by atoms with Gasteiger partial charge in [0.25, 0.3) is 0 Å². The summed E-state index contributed by atoms with van der Waals surface area (Å²) in [6.07, 6.45) is 1.08. The Labute approximate surface area is 152 Å². The quantitative estimate of drug-likeness (QED) is 0.629. The summed E-state index contributed by atoms with van der Waals surface area (Å²) in [7, 11) is 3.07. The number of methoxy groups -OCH3 is 2. The van der Waals surface area contributed by atoms with E-state index < -0.39 is 12.1 Å². The van der Waals surface area contributed by atoms with Gasteiger partial charge in [0.2, 0.25) is 0 Å². The number of carbonyl (C=O) groups excluding carboxylic acids is 1. The van der Waals surface area contributed by atoms with Gasteiger partial charge in [0, 0.05) is 6.20 Å². The highest BCUT2D eigenvalue weighted by Gasteiger charge is 2.22. The van der Waals surface area contributed by atoms with Crippen LogP contribution in [0.25, 0.3) is 0 Å². The molecule has 1 heterocycles. The van der Waals surface area contributed by atoms with Crippen LogP contribution in [0, 0.1) is 0 Å². The Kier molecular flexibility index (Phi) is 5.49. The molecule has 3 aromatic rings. The Hall–Kier alpha value is -3.34. The molecule has 26 heavy (non-hydrogen) atoms. The zero-order chi connectivity index (χ0) is 18.4. The molecule has 0 fully saturated rings. The lowest BCUT2D eigenvalue weighted by Gasteiger charge is -2.18. The van der Waals surface area contributed by atoms with Crippen LogP contribution in [0.3, 0.4) is 0 Å². The first-order valence-corrected chi connectivity index (χ1v) is 8.12. The van der Waals surface area contributed by atoms with E-state index in [1.54, 1.807) is 31.5 Å². The van der Waals surface area contributed by atoms with Crippen molar-refractivity contribution in [1.82, 2.24) is 4.98 Å². The van der Waals surface area contributed by atoms with Crippen LogP contribution >= 0.6 is 0 Å². The number of ether oxygens (including phenoxy) is 3. The molecule has 5 heteroatoms. The van der Waals surface area contributed by atoms with Crippen molar-refractivity contribution in [1.29, 1.82) is 0 Å². The number of aromatic nitrogens is 1. The van der Waals surface area contributed by atoms with Crippen LogP contribution in [0.1, 0.15) is 27.7 Å². The van der Waals surface area contributed by atoms with E-state index in [9.17, 15) is 4.79 Å². The van der Waals surface area contributed by atoms with Crippen LogP contribution in [0.4, 0.5) is 0 Å². The fraction of sp³-hybridized carbons (Fsp3) is 0.143. The number of esters is 1. The molecular formula is C21H19NO4. The van der Waals surface area contributed by atoms with Crippen molar-refractivity contribution < 1.29 is 19.0 Å². The van der Waals surface area contributed by atoms with Crippen LogP contribution in [0.2, 0.25) is 0 Å². The van der Waals surface area contributed by atoms with E-state index >= 15 is 0 Å². The predicted octanol–water partition coefficient (Wildman–Crippen LogP) is 4.05. The van der Waals surface area contributed by atoms with Crippen LogP contribution in [-0.4, -0.2) is 25.2 Å². The second-order valence-electron chi connectivity index (χ2n) is 5.52. The topological polar surface area (TPSA) is 57.7 Å². The molecule has 3 rings (SSSR count). The summed E-state index contributed by atoms with van der Waals surface area (Å²) in [6.45, 7) is 0. The van der Waals surface area contributed by atoms with Gasteiger partial charge in [0.1, 0.15) is 0 Å². The van der Waals surface area contributed by atoms with E-state index in [1.165, 1.54) is 7.11 Å². The monoisotopic (exact) mass is 349 g/mol. The molecule has 2 aromatic carbocycles. The molecule has 1 atom stereocenters. The molecule has 0 saturated carbocycles. The van der Waals surface area contributed by atoms with Crippen LogP contribution in [-0.2, 0) is 4.74 Å². The van der Waals surface area contributed by atoms with Crippen LogP contribution in [0.5, 0.6) is 11.5 Å². The normalized spacial score (nSPS) is 11.5. The van der Waals surface area contributed by atoms with E-state index in [-0.39, 0.29) is 0 Å². The van der Waals surface area contributed by atoms with E-state index in [2.05, 4.69) is 4.98 Å². The SMILES string of the molecule is COc1ccc(C(=O)OC(c2ccccc2)c2ccccn2)cc1OC. The smallest absolute Gasteiger partial charge is 0.339 e. The Balaban J connectivity index is 1.91. The van der Waals surface area contributed by atoms with Gasteiger partial charge in [0.05, 0.1) is 25.5 Å². The first-order valence-electron chi connectivity index (χ1n) is 8.12. The molecule has 5 nitrogen and oxygen atoms in total. The number of carbonyl (C=O) groups is 1. The average molecular weight is 349 g/mol. The van der Waals surface area contributed by atoms with Crippen molar-refractivity contribution in [3.63, 3.8) is 0 Å². The summed E-state index contributed by atoms with van der Waals surface area (Å²) < 4.78 is 16.2. The van der Waals surface area contributed by atoms with Gasteiger partial charge in [-0.1, -0.05) is 36.4 Å². The maximum atomic E-state index is 12.7.